The van der Waals surface area contributed by atoms with Crippen molar-refractivity contribution in [3.63, 3.8) is 0 Å². The van der Waals surface area contributed by atoms with Gasteiger partial charge in [-0.3, -0.25) is 0 Å². The van der Waals surface area contributed by atoms with E-state index < -0.39 is 0 Å². The summed E-state index contributed by atoms with van der Waals surface area (Å²) in [7, 11) is 3.40. The highest BCUT2D eigenvalue weighted by molar-refractivity contribution is 7.80. The maximum absolute atomic E-state index is 4.61. The molecule has 6 heteroatoms. The molecule has 4 aromatic rings. The Bertz CT molecular complexity index is 1060. The number of fused-ring (bicyclic) bond motifs is 1. The molecule has 1 fully saturated rings. The zero-order valence-electron chi connectivity index (χ0n) is 21.8. The van der Waals surface area contributed by atoms with Gasteiger partial charge in [-0.05, 0) is 57.0 Å². The summed E-state index contributed by atoms with van der Waals surface area (Å²) in [5.41, 5.74) is 6.81. The Balaban J connectivity index is 0.000000233. The summed E-state index contributed by atoms with van der Waals surface area (Å²) in [6, 6.07) is 28.2. The van der Waals surface area contributed by atoms with Crippen molar-refractivity contribution in [1.29, 1.82) is 0 Å². The Kier molecular flexibility index (Phi) is 14.1. The molecule has 0 atom stereocenters. The number of aryl methyl sites for hydroxylation is 1. The number of hydrogen-bond donors (Lipinski definition) is 4. The Hall–Kier alpha value is -3.09. The van der Waals surface area contributed by atoms with Gasteiger partial charge < -0.3 is 16.4 Å². The van der Waals surface area contributed by atoms with Crippen LogP contribution in [0.2, 0.25) is 0 Å². The van der Waals surface area contributed by atoms with Crippen LogP contribution in [0.5, 0.6) is 0 Å². The van der Waals surface area contributed by atoms with Crippen molar-refractivity contribution in [1.82, 2.24) is 9.97 Å². The van der Waals surface area contributed by atoms with Crippen molar-refractivity contribution in [2.45, 2.75) is 43.9 Å². The number of anilines is 2. The van der Waals surface area contributed by atoms with Gasteiger partial charge in [-0.15, -0.1) is 12.6 Å². The number of para-hydroxylation sites is 1. The molecule has 192 valence electrons. The number of hydrogen-bond acceptors (Lipinski definition) is 6. The van der Waals surface area contributed by atoms with Gasteiger partial charge in [-0.2, -0.15) is 4.98 Å². The number of benzene rings is 3. The zero-order chi connectivity index (χ0) is 26.0. The highest BCUT2D eigenvalue weighted by Gasteiger charge is 2.14. The molecule has 1 aliphatic rings. The van der Waals surface area contributed by atoms with E-state index in [1.54, 1.807) is 0 Å². The predicted octanol–water partition coefficient (Wildman–Crippen LogP) is 7.21. The SMILES string of the molecule is CN.CNc1nc(NCC2CCCCC2)nc2ccccc12.Cc1ccccc1.Sc1ccccc1. The van der Waals surface area contributed by atoms with Crippen LogP contribution in [-0.4, -0.2) is 30.6 Å². The van der Waals surface area contributed by atoms with Gasteiger partial charge in [0.25, 0.3) is 0 Å². The number of nitrogens with one attached hydrogen (secondary N) is 2. The first-order chi connectivity index (χ1) is 17.7. The van der Waals surface area contributed by atoms with Gasteiger partial charge in [-0.25, -0.2) is 4.98 Å². The lowest BCUT2D eigenvalue weighted by atomic mass is 9.89. The Morgan fingerprint density at radius 1 is 0.806 bits per heavy atom. The quantitative estimate of drug-likeness (QED) is 0.221. The molecule has 0 spiro atoms. The summed E-state index contributed by atoms with van der Waals surface area (Å²) in [6.07, 6.45) is 6.80. The Morgan fingerprint density at radius 3 is 1.92 bits per heavy atom. The number of nitrogens with two attached hydrogens (primary N) is 1. The molecule has 5 rings (SSSR count). The van der Waals surface area contributed by atoms with E-state index in [-0.39, 0.29) is 0 Å². The van der Waals surface area contributed by atoms with Gasteiger partial charge in [-0.1, -0.05) is 85.5 Å². The molecule has 5 nitrogen and oxygen atoms in total. The average Bonchev–Trinajstić information content (AvgIpc) is 2.94. The third kappa shape index (κ3) is 10.7. The average molecular weight is 504 g/mol. The third-order valence-electron chi connectivity index (χ3n) is 5.81. The Morgan fingerprint density at radius 2 is 1.39 bits per heavy atom. The number of aromatic nitrogens is 2. The minimum Gasteiger partial charge on any atom is -0.372 e. The van der Waals surface area contributed by atoms with Crippen molar-refractivity contribution in [2.75, 3.05) is 31.3 Å². The lowest BCUT2D eigenvalue weighted by Crippen LogP contribution is -2.18. The third-order valence-corrected chi connectivity index (χ3v) is 6.11. The zero-order valence-corrected chi connectivity index (χ0v) is 22.7. The maximum atomic E-state index is 4.61. The second kappa shape index (κ2) is 17.4. The van der Waals surface area contributed by atoms with Gasteiger partial charge in [0.15, 0.2) is 0 Å². The highest BCUT2D eigenvalue weighted by Crippen LogP contribution is 2.25. The molecule has 0 amide bonds. The fourth-order valence-corrected chi connectivity index (χ4v) is 4.11. The fraction of sp³-hybridized carbons (Fsp3) is 0.333. The van der Waals surface area contributed by atoms with E-state index in [0.29, 0.717) is 0 Å². The van der Waals surface area contributed by atoms with Crippen LogP contribution in [0.15, 0.2) is 89.8 Å². The maximum Gasteiger partial charge on any atom is 0.225 e. The smallest absolute Gasteiger partial charge is 0.225 e. The van der Waals surface area contributed by atoms with Gasteiger partial charge in [0.1, 0.15) is 5.82 Å². The molecule has 1 heterocycles. The molecule has 4 N–H and O–H groups in total. The molecule has 0 bridgehead atoms. The largest absolute Gasteiger partial charge is 0.372 e. The summed E-state index contributed by atoms with van der Waals surface area (Å²) >= 11 is 4.08. The molecule has 1 saturated carbocycles. The fourth-order valence-electron chi connectivity index (χ4n) is 3.94. The van der Waals surface area contributed by atoms with Gasteiger partial charge in [0, 0.05) is 23.9 Å². The van der Waals surface area contributed by atoms with Crippen LogP contribution >= 0.6 is 12.6 Å². The van der Waals surface area contributed by atoms with E-state index in [2.05, 4.69) is 58.0 Å². The Labute approximate surface area is 222 Å². The predicted molar refractivity (Wildman–Crippen MR) is 159 cm³/mol. The summed E-state index contributed by atoms with van der Waals surface area (Å²) in [5.74, 6) is 2.40. The molecule has 3 aromatic carbocycles. The van der Waals surface area contributed by atoms with Crippen molar-refractivity contribution < 1.29 is 0 Å². The molecule has 0 aliphatic heterocycles. The van der Waals surface area contributed by atoms with E-state index in [0.717, 1.165) is 40.0 Å². The summed E-state index contributed by atoms with van der Waals surface area (Å²) < 4.78 is 0. The van der Waals surface area contributed by atoms with Gasteiger partial charge >= 0.3 is 0 Å². The first-order valence-corrected chi connectivity index (χ1v) is 13.1. The minimum atomic E-state index is 0.735. The van der Waals surface area contributed by atoms with E-state index in [9.17, 15) is 0 Å². The van der Waals surface area contributed by atoms with E-state index in [1.807, 2.05) is 79.8 Å². The summed E-state index contributed by atoms with van der Waals surface area (Å²) in [5, 5.41) is 7.64. The van der Waals surface area contributed by atoms with Crippen LogP contribution in [0.1, 0.15) is 37.7 Å². The minimum absolute atomic E-state index is 0.735. The second-order valence-corrected chi connectivity index (χ2v) is 9.05. The molecule has 36 heavy (non-hydrogen) atoms. The van der Waals surface area contributed by atoms with Crippen LogP contribution in [0, 0.1) is 12.8 Å². The normalized spacial score (nSPS) is 12.6. The van der Waals surface area contributed by atoms with Crippen molar-refractivity contribution >= 4 is 35.3 Å². The molecule has 0 unspecified atom stereocenters. The number of nitrogens with zero attached hydrogens (tertiary/aromatic N) is 2. The molecule has 1 aliphatic carbocycles. The number of rotatable bonds is 4. The molecular weight excluding hydrogens is 462 g/mol. The van der Waals surface area contributed by atoms with Crippen molar-refractivity contribution in [2.24, 2.45) is 11.7 Å². The number of thiol groups is 1. The van der Waals surface area contributed by atoms with Crippen LogP contribution < -0.4 is 16.4 Å². The van der Waals surface area contributed by atoms with Gasteiger partial charge in [0.05, 0.1) is 5.52 Å². The lowest BCUT2D eigenvalue weighted by molar-refractivity contribution is 0.373. The summed E-state index contributed by atoms with van der Waals surface area (Å²) in [4.78, 5) is 10.2. The van der Waals surface area contributed by atoms with Crippen LogP contribution in [0.4, 0.5) is 11.8 Å². The highest BCUT2D eigenvalue weighted by atomic mass is 32.1. The molecular formula is C30H41N5S. The summed E-state index contributed by atoms with van der Waals surface area (Å²) in [6.45, 7) is 3.07. The second-order valence-electron chi connectivity index (χ2n) is 8.54. The first kappa shape index (κ1) is 29.1. The standard InChI is InChI=1S/C16H22N4.C7H8.C6H6S.CH5N/c1-17-15-13-9-5-6-10-14(13)19-16(20-15)18-11-12-7-3-2-4-8-12;1-7-5-3-2-4-6-7;7-6-4-2-1-3-5-6;1-2/h5-6,9-10,12H,2-4,7-8,11H2,1H3,(H2,17,18,19,20);2-6H,1H3;1-5,7H;2H2,1H3. The monoisotopic (exact) mass is 503 g/mol. The van der Waals surface area contributed by atoms with Crippen LogP contribution in [0.25, 0.3) is 10.9 Å². The van der Waals surface area contributed by atoms with Gasteiger partial charge in [0.2, 0.25) is 5.95 Å². The molecule has 0 radical (unpaired) electrons. The lowest BCUT2D eigenvalue weighted by Gasteiger charge is -2.21. The molecule has 1 aromatic heterocycles. The first-order valence-electron chi connectivity index (χ1n) is 12.7. The van der Waals surface area contributed by atoms with Crippen molar-refractivity contribution in [3.05, 3.63) is 90.5 Å². The van der Waals surface area contributed by atoms with E-state index >= 15 is 0 Å². The van der Waals surface area contributed by atoms with E-state index in [1.165, 1.54) is 44.7 Å². The van der Waals surface area contributed by atoms with E-state index in [4.69, 9.17) is 0 Å². The topological polar surface area (TPSA) is 75.9 Å². The van der Waals surface area contributed by atoms with Crippen LogP contribution in [0.3, 0.4) is 0 Å². The van der Waals surface area contributed by atoms with Crippen molar-refractivity contribution in [3.8, 4) is 0 Å². The van der Waals surface area contributed by atoms with Crippen LogP contribution in [-0.2, 0) is 0 Å². The molecule has 0 saturated heterocycles.